The highest BCUT2D eigenvalue weighted by atomic mass is 16.1. The lowest BCUT2D eigenvalue weighted by Gasteiger charge is -2.17. The summed E-state index contributed by atoms with van der Waals surface area (Å²) in [6.07, 6.45) is 2.30. The van der Waals surface area contributed by atoms with E-state index in [1.807, 2.05) is 31.8 Å². The van der Waals surface area contributed by atoms with Crippen molar-refractivity contribution >= 4 is 25.9 Å². The zero-order valence-electron chi connectivity index (χ0n) is 9.66. The first kappa shape index (κ1) is 11.3. The average Bonchev–Trinajstić information content (AvgIpc) is 2.38. The van der Waals surface area contributed by atoms with Gasteiger partial charge in [-0.2, -0.15) is 4.98 Å². The summed E-state index contributed by atoms with van der Waals surface area (Å²) < 4.78 is 0. The maximum Gasteiger partial charge on any atom is 0.227 e. The van der Waals surface area contributed by atoms with Crippen LogP contribution >= 0.6 is 0 Å². The van der Waals surface area contributed by atoms with E-state index in [1.54, 1.807) is 12.1 Å². The molecule has 0 saturated carbocycles. The van der Waals surface area contributed by atoms with E-state index >= 15 is 0 Å². The third-order valence-electron chi connectivity index (χ3n) is 2.40. The van der Waals surface area contributed by atoms with Crippen molar-refractivity contribution in [3.63, 3.8) is 0 Å². The summed E-state index contributed by atoms with van der Waals surface area (Å²) in [5.41, 5.74) is 1.56. The van der Waals surface area contributed by atoms with E-state index in [1.165, 1.54) is 6.33 Å². The number of nitrogens with zero attached hydrogens (tertiary/aromatic N) is 4. The Morgan fingerprint density at radius 3 is 2.53 bits per heavy atom. The van der Waals surface area contributed by atoms with Gasteiger partial charge in [-0.05, 0) is 31.2 Å². The Balaban J connectivity index is 2.29. The van der Waals surface area contributed by atoms with Gasteiger partial charge in [0.15, 0.2) is 0 Å². The molecule has 1 heterocycles. The number of rotatable bonds is 3. The number of aldehydes is 1. The molecule has 0 saturated heterocycles. The van der Waals surface area contributed by atoms with Crippen LogP contribution in [0.3, 0.4) is 0 Å². The van der Waals surface area contributed by atoms with Crippen molar-refractivity contribution in [2.75, 3.05) is 4.81 Å². The number of hydrogen-bond donors (Lipinski definition) is 0. The highest BCUT2D eigenvalue weighted by Crippen LogP contribution is 2.18. The minimum absolute atomic E-state index is 0.580. The van der Waals surface area contributed by atoms with E-state index in [2.05, 4.69) is 15.0 Å². The fourth-order valence-electron chi connectivity index (χ4n) is 1.42. The lowest BCUT2D eigenvalue weighted by Crippen LogP contribution is -2.15. The zero-order valence-corrected chi connectivity index (χ0v) is 9.66. The molecular weight excluding hydrogens is 215 g/mol. The molecule has 84 valence electrons. The van der Waals surface area contributed by atoms with Gasteiger partial charge in [0.25, 0.3) is 0 Å². The van der Waals surface area contributed by atoms with E-state index in [0.717, 1.165) is 12.0 Å². The summed E-state index contributed by atoms with van der Waals surface area (Å²) in [5, 5.41) is 0. The summed E-state index contributed by atoms with van der Waals surface area (Å²) in [4.78, 5) is 24.7. The van der Waals surface area contributed by atoms with Crippen LogP contribution in [0.15, 0.2) is 30.6 Å². The van der Waals surface area contributed by atoms with Crippen molar-refractivity contribution in [3.05, 3.63) is 42.0 Å². The lowest BCUT2D eigenvalue weighted by molar-refractivity contribution is 0.112. The first-order valence-electron chi connectivity index (χ1n) is 5.15. The Morgan fingerprint density at radius 1 is 1.24 bits per heavy atom. The maximum atomic E-state index is 10.6. The number of aryl methyl sites for hydroxylation is 1. The molecule has 0 N–H and O–H groups in total. The van der Waals surface area contributed by atoms with Gasteiger partial charge in [0.1, 0.15) is 18.4 Å². The van der Waals surface area contributed by atoms with Crippen molar-refractivity contribution in [1.29, 1.82) is 0 Å². The Labute approximate surface area is 100.0 Å². The van der Waals surface area contributed by atoms with E-state index in [-0.39, 0.29) is 0 Å². The molecule has 17 heavy (non-hydrogen) atoms. The van der Waals surface area contributed by atoms with Crippen molar-refractivity contribution < 1.29 is 4.79 Å². The molecule has 0 unspecified atom stereocenters. The van der Waals surface area contributed by atoms with E-state index in [4.69, 9.17) is 0 Å². The van der Waals surface area contributed by atoms with Crippen LogP contribution in [0.4, 0.5) is 11.6 Å². The molecule has 0 amide bonds. The summed E-state index contributed by atoms with van der Waals surface area (Å²) in [6, 6.07) is 7.21. The molecule has 0 fully saturated rings. The highest BCUT2D eigenvalue weighted by molar-refractivity contribution is 6.21. The maximum absolute atomic E-state index is 10.6. The topological polar surface area (TPSA) is 59.0 Å². The molecule has 2 rings (SSSR count). The third-order valence-corrected chi connectivity index (χ3v) is 2.40. The molecule has 0 spiro atoms. The third kappa shape index (κ3) is 2.47. The van der Waals surface area contributed by atoms with Gasteiger partial charge in [-0.15, -0.1) is 0 Å². The average molecular weight is 226 g/mol. The first-order valence-corrected chi connectivity index (χ1v) is 5.15. The Morgan fingerprint density at radius 2 is 1.94 bits per heavy atom. The van der Waals surface area contributed by atoms with Gasteiger partial charge in [-0.25, -0.2) is 9.97 Å². The molecule has 0 radical (unpaired) electrons. The van der Waals surface area contributed by atoms with Crippen LogP contribution in [0.25, 0.3) is 0 Å². The zero-order chi connectivity index (χ0) is 12.3. The van der Waals surface area contributed by atoms with Crippen molar-refractivity contribution in [2.24, 2.45) is 0 Å². The predicted molar refractivity (Wildman–Crippen MR) is 67.1 cm³/mol. The van der Waals surface area contributed by atoms with Crippen LogP contribution in [-0.4, -0.2) is 29.2 Å². The number of aromatic nitrogens is 3. The lowest BCUT2D eigenvalue weighted by atomic mass is 10.2. The normalized spacial score (nSPS) is 9.94. The number of hydrogen-bond acceptors (Lipinski definition) is 5. The van der Waals surface area contributed by atoms with Gasteiger partial charge in [0, 0.05) is 11.3 Å². The van der Waals surface area contributed by atoms with Gasteiger partial charge < -0.3 is 4.81 Å². The van der Waals surface area contributed by atoms with E-state index in [9.17, 15) is 4.79 Å². The molecule has 0 aliphatic heterocycles. The monoisotopic (exact) mass is 226 g/mol. The SMILES string of the molecule is BN(c1ccc(C=O)cc1)c1ncnc(C)n1. The van der Waals surface area contributed by atoms with Crippen LogP contribution in [0.1, 0.15) is 16.2 Å². The predicted octanol–water partition coefficient (Wildman–Crippen LogP) is 0.679. The van der Waals surface area contributed by atoms with Gasteiger partial charge >= 0.3 is 0 Å². The Hall–Kier alpha value is -2.24. The second kappa shape index (κ2) is 4.73. The Bertz CT molecular complexity index is 529. The minimum atomic E-state index is 0.580. The van der Waals surface area contributed by atoms with Gasteiger partial charge in [-0.3, -0.25) is 4.79 Å². The van der Waals surface area contributed by atoms with Crippen LogP contribution in [0, 0.1) is 6.92 Å². The first-order chi connectivity index (χ1) is 8.20. The van der Waals surface area contributed by atoms with Crippen LogP contribution in [-0.2, 0) is 0 Å². The summed E-state index contributed by atoms with van der Waals surface area (Å²) in [6.45, 7) is 1.81. The van der Waals surface area contributed by atoms with Gasteiger partial charge in [-0.1, -0.05) is 0 Å². The largest absolute Gasteiger partial charge is 0.363 e. The number of benzene rings is 1. The highest BCUT2D eigenvalue weighted by Gasteiger charge is 2.06. The van der Waals surface area contributed by atoms with Crippen molar-refractivity contribution in [3.8, 4) is 0 Å². The molecule has 1 aromatic heterocycles. The standard InChI is InChI=1S/C11H11BN4O/c1-8-13-7-14-11(15-8)16(12)10-4-2-9(6-17)3-5-10/h2-7H,12H2,1H3. The van der Waals surface area contributed by atoms with E-state index < -0.39 is 0 Å². The molecule has 1 aromatic carbocycles. The molecule has 6 heteroatoms. The quantitative estimate of drug-likeness (QED) is 0.568. The molecule has 5 nitrogen and oxygen atoms in total. The molecule has 0 atom stereocenters. The number of carbonyl (C=O) groups excluding carboxylic acids is 1. The molecule has 0 aliphatic rings. The Kier molecular flexibility index (Phi) is 3.14. The molecule has 2 aromatic rings. The van der Waals surface area contributed by atoms with Crippen molar-refractivity contribution in [1.82, 2.24) is 15.0 Å². The van der Waals surface area contributed by atoms with Crippen LogP contribution in [0.2, 0.25) is 0 Å². The summed E-state index contributed by atoms with van der Waals surface area (Å²) in [5.74, 6) is 1.25. The fourth-order valence-corrected chi connectivity index (χ4v) is 1.42. The minimum Gasteiger partial charge on any atom is -0.363 e. The van der Waals surface area contributed by atoms with Crippen molar-refractivity contribution in [2.45, 2.75) is 6.92 Å². The van der Waals surface area contributed by atoms with Crippen LogP contribution < -0.4 is 4.81 Å². The van der Waals surface area contributed by atoms with E-state index in [0.29, 0.717) is 17.3 Å². The van der Waals surface area contributed by atoms with Crippen LogP contribution in [0.5, 0.6) is 0 Å². The van der Waals surface area contributed by atoms with Gasteiger partial charge in [0.2, 0.25) is 13.9 Å². The second-order valence-corrected chi connectivity index (χ2v) is 3.60. The second-order valence-electron chi connectivity index (χ2n) is 3.60. The number of carbonyl (C=O) groups is 1. The number of anilines is 2. The molecular formula is C11H11BN4O. The molecule has 0 aliphatic carbocycles. The summed E-state index contributed by atoms with van der Waals surface area (Å²) >= 11 is 0. The van der Waals surface area contributed by atoms with Gasteiger partial charge in [0.05, 0.1) is 0 Å². The fraction of sp³-hybridized carbons (Fsp3) is 0.0909. The molecule has 0 bridgehead atoms. The summed E-state index contributed by atoms with van der Waals surface area (Å²) in [7, 11) is 1.87. The smallest absolute Gasteiger partial charge is 0.227 e.